The van der Waals surface area contributed by atoms with Crippen LogP contribution < -0.4 is 16.0 Å². The monoisotopic (exact) mass is 237 g/mol. The van der Waals surface area contributed by atoms with Gasteiger partial charge in [0.05, 0.1) is 6.54 Å². The molecular weight excluding hydrogens is 218 g/mol. The van der Waals surface area contributed by atoms with Crippen LogP contribution in [0.3, 0.4) is 0 Å². The summed E-state index contributed by atoms with van der Waals surface area (Å²) in [5.41, 5.74) is 0. The van der Waals surface area contributed by atoms with Crippen LogP contribution in [0.2, 0.25) is 0 Å². The summed E-state index contributed by atoms with van der Waals surface area (Å²) in [6.45, 7) is 5.01. The van der Waals surface area contributed by atoms with Crippen LogP contribution in [0.1, 0.15) is 19.7 Å². The molecule has 1 aromatic heterocycles. The number of aromatic nitrogens is 2. The first kappa shape index (κ1) is 13.2. The number of anilines is 2. The summed E-state index contributed by atoms with van der Waals surface area (Å²) in [5.74, 6) is 2.12. The van der Waals surface area contributed by atoms with E-state index in [1.165, 1.54) is 0 Å². The van der Waals surface area contributed by atoms with Crippen molar-refractivity contribution in [3.05, 3.63) is 11.9 Å². The fourth-order valence-corrected chi connectivity index (χ4v) is 1.28. The van der Waals surface area contributed by atoms with Crippen LogP contribution in [0, 0.1) is 0 Å². The van der Waals surface area contributed by atoms with E-state index in [0.717, 1.165) is 24.6 Å². The summed E-state index contributed by atoms with van der Waals surface area (Å²) in [4.78, 5) is 19.7. The van der Waals surface area contributed by atoms with E-state index >= 15 is 0 Å². The fourth-order valence-electron chi connectivity index (χ4n) is 1.28. The van der Waals surface area contributed by atoms with Crippen LogP contribution in [0.15, 0.2) is 6.07 Å². The zero-order valence-electron chi connectivity index (χ0n) is 10.5. The van der Waals surface area contributed by atoms with Gasteiger partial charge in [-0.2, -0.15) is 0 Å². The summed E-state index contributed by atoms with van der Waals surface area (Å²) in [5, 5.41) is 8.64. The number of amides is 1. The summed E-state index contributed by atoms with van der Waals surface area (Å²) >= 11 is 0. The highest BCUT2D eigenvalue weighted by atomic mass is 16.1. The van der Waals surface area contributed by atoms with Crippen LogP contribution >= 0.6 is 0 Å². The summed E-state index contributed by atoms with van der Waals surface area (Å²) in [6, 6.07) is 1.80. The lowest BCUT2D eigenvalue weighted by atomic mass is 10.4. The molecule has 0 aromatic carbocycles. The number of carbonyl (C=O) groups excluding carboxylic acids is 1. The van der Waals surface area contributed by atoms with Crippen molar-refractivity contribution in [2.75, 3.05) is 30.8 Å². The molecule has 1 amide bonds. The second kappa shape index (κ2) is 6.67. The average molecular weight is 237 g/mol. The van der Waals surface area contributed by atoms with Gasteiger partial charge in [0.1, 0.15) is 17.5 Å². The minimum Gasteiger partial charge on any atom is -0.370 e. The maximum Gasteiger partial charge on any atom is 0.239 e. The summed E-state index contributed by atoms with van der Waals surface area (Å²) < 4.78 is 0. The Morgan fingerprint density at radius 1 is 1.24 bits per heavy atom. The molecule has 17 heavy (non-hydrogen) atoms. The molecule has 0 aliphatic rings. The van der Waals surface area contributed by atoms with E-state index in [0.29, 0.717) is 5.82 Å². The van der Waals surface area contributed by atoms with Crippen molar-refractivity contribution < 1.29 is 4.79 Å². The van der Waals surface area contributed by atoms with Crippen molar-refractivity contribution in [3.8, 4) is 0 Å². The Balaban J connectivity index is 2.75. The van der Waals surface area contributed by atoms with Crippen LogP contribution in [0.25, 0.3) is 0 Å². The van der Waals surface area contributed by atoms with Gasteiger partial charge >= 0.3 is 0 Å². The Morgan fingerprint density at radius 3 is 2.41 bits per heavy atom. The molecule has 1 rings (SSSR count). The molecule has 6 heteroatoms. The Labute approximate surface area is 101 Å². The zero-order chi connectivity index (χ0) is 12.7. The molecule has 0 radical (unpaired) electrons. The van der Waals surface area contributed by atoms with E-state index in [-0.39, 0.29) is 12.5 Å². The molecule has 0 unspecified atom stereocenters. The number of rotatable bonds is 6. The zero-order valence-corrected chi connectivity index (χ0v) is 10.5. The van der Waals surface area contributed by atoms with Gasteiger partial charge in [0, 0.05) is 26.1 Å². The molecule has 0 saturated heterocycles. The molecule has 0 spiro atoms. The molecule has 0 atom stereocenters. The van der Waals surface area contributed by atoms with Gasteiger partial charge in [-0.3, -0.25) is 4.79 Å². The standard InChI is InChI=1S/C11H19N5O/c1-4-8-15-9(13-5-2)6-10(16-8)14-7-11(17)12-3/h6H,4-5,7H2,1-3H3,(H,12,17)(H2,13,14,15,16). The van der Waals surface area contributed by atoms with E-state index in [9.17, 15) is 4.79 Å². The van der Waals surface area contributed by atoms with Crippen molar-refractivity contribution in [1.29, 1.82) is 0 Å². The maximum absolute atomic E-state index is 11.1. The molecule has 1 aromatic rings. The number of carbonyl (C=O) groups is 1. The lowest BCUT2D eigenvalue weighted by Gasteiger charge is -2.09. The van der Waals surface area contributed by atoms with E-state index in [1.54, 1.807) is 13.1 Å². The molecule has 0 aliphatic carbocycles. The van der Waals surface area contributed by atoms with Crippen LogP contribution in [0.4, 0.5) is 11.6 Å². The lowest BCUT2D eigenvalue weighted by Crippen LogP contribution is -2.26. The lowest BCUT2D eigenvalue weighted by molar-refractivity contribution is -0.118. The fraction of sp³-hybridized carbons (Fsp3) is 0.545. The highest BCUT2D eigenvalue weighted by molar-refractivity contribution is 5.80. The Hall–Kier alpha value is -1.85. The van der Waals surface area contributed by atoms with E-state index in [2.05, 4.69) is 25.9 Å². The molecule has 3 N–H and O–H groups in total. The molecule has 6 nitrogen and oxygen atoms in total. The van der Waals surface area contributed by atoms with Crippen molar-refractivity contribution in [1.82, 2.24) is 15.3 Å². The van der Waals surface area contributed by atoms with Gasteiger partial charge in [0.25, 0.3) is 0 Å². The molecule has 0 fully saturated rings. The first-order valence-corrected chi connectivity index (χ1v) is 5.75. The summed E-state index contributed by atoms with van der Waals surface area (Å²) in [7, 11) is 1.60. The van der Waals surface area contributed by atoms with Gasteiger partial charge < -0.3 is 16.0 Å². The van der Waals surface area contributed by atoms with Gasteiger partial charge in [0.15, 0.2) is 0 Å². The van der Waals surface area contributed by atoms with Crippen LogP contribution in [0.5, 0.6) is 0 Å². The second-order valence-electron chi connectivity index (χ2n) is 3.47. The van der Waals surface area contributed by atoms with Crippen LogP contribution in [-0.2, 0) is 11.2 Å². The minimum absolute atomic E-state index is 0.0772. The molecule has 0 saturated carbocycles. The van der Waals surface area contributed by atoms with Gasteiger partial charge in [-0.25, -0.2) is 9.97 Å². The largest absolute Gasteiger partial charge is 0.370 e. The number of aryl methyl sites for hydroxylation is 1. The number of nitrogens with zero attached hydrogens (tertiary/aromatic N) is 2. The van der Waals surface area contributed by atoms with Gasteiger partial charge in [-0.1, -0.05) is 6.92 Å². The normalized spacial score (nSPS) is 9.82. The number of likely N-dealkylation sites (N-methyl/N-ethyl adjacent to an activating group) is 1. The number of hydrogen-bond acceptors (Lipinski definition) is 5. The number of hydrogen-bond donors (Lipinski definition) is 3. The van der Waals surface area contributed by atoms with Crippen molar-refractivity contribution in [2.45, 2.75) is 20.3 Å². The van der Waals surface area contributed by atoms with E-state index in [4.69, 9.17) is 0 Å². The second-order valence-corrected chi connectivity index (χ2v) is 3.47. The first-order valence-electron chi connectivity index (χ1n) is 5.75. The third-order valence-corrected chi connectivity index (χ3v) is 2.16. The predicted octanol–water partition coefficient (Wildman–Crippen LogP) is 0.629. The third-order valence-electron chi connectivity index (χ3n) is 2.16. The Kier molecular flexibility index (Phi) is 5.19. The van der Waals surface area contributed by atoms with Gasteiger partial charge in [-0.15, -0.1) is 0 Å². The SMILES string of the molecule is CCNc1cc(NCC(=O)NC)nc(CC)n1. The van der Waals surface area contributed by atoms with Crippen LogP contribution in [-0.4, -0.2) is 36.0 Å². The highest BCUT2D eigenvalue weighted by Crippen LogP contribution is 2.11. The van der Waals surface area contributed by atoms with Crippen molar-refractivity contribution in [2.24, 2.45) is 0 Å². The van der Waals surface area contributed by atoms with E-state index < -0.39 is 0 Å². The quantitative estimate of drug-likeness (QED) is 0.676. The molecule has 0 bridgehead atoms. The number of nitrogens with one attached hydrogen (secondary N) is 3. The van der Waals surface area contributed by atoms with Crippen molar-refractivity contribution >= 4 is 17.5 Å². The first-order chi connectivity index (χ1) is 8.19. The topological polar surface area (TPSA) is 78.9 Å². The van der Waals surface area contributed by atoms with E-state index in [1.807, 2.05) is 13.8 Å². The molecule has 1 heterocycles. The average Bonchev–Trinajstić information content (AvgIpc) is 2.36. The summed E-state index contributed by atoms with van der Waals surface area (Å²) in [6.07, 6.45) is 0.758. The Bertz CT molecular complexity index is 380. The minimum atomic E-state index is -0.0772. The van der Waals surface area contributed by atoms with Gasteiger partial charge in [0.2, 0.25) is 5.91 Å². The molecular formula is C11H19N5O. The van der Waals surface area contributed by atoms with Gasteiger partial charge in [-0.05, 0) is 6.92 Å². The maximum atomic E-state index is 11.1. The molecule has 94 valence electrons. The van der Waals surface area contributed by atoms with Crippen molar-refractivity contribution in [3.63, 3.8) is 0 Å². The third kappa shape index (κ3) is 4.26. The smallest absolute Gasteiger partial charge is 0.239 e. The Morgan fingerprint density at radius 2 is 1.88 bits per heavy atom. The highest BCUT2D eigenvalue weighted by Gasteiger charge is 2.04. The molecule has 0 aliphatic heterocycles. The predicted molar refractivity (Wildman–Crippen MR) is 68.1 cm³/mol.